The van der Waals surface area contributed by atoms with E-state index in [1.54, 1.807) is 26.0 Å². The van der Waals surface area contributed by atoms with Gasteiger partial charge in [0.15, 0.2) is 0 Å². The number of amides is 1. The summed E-state index contributed by atoms with van der Waals surface area (Å²) in [4.78, 5) is 16.6. The molecule has 0 atom stereocenters. The Labute approximate surface area is 134 Å². The van der Waals surface area contributed by atoms with Crippen LogP contribution in [0.25, 0.3) is 11.0 Å². The molecule has 1 heterocycles. The number of aromatic nitrogens is 2. The lowest BCUT2D eigenvalue weighted by molar-refractivity contribution is -0.119. The van der Waals surface area contributed by atoms with Crippen molar-refractivity contribution in [2.45, 2.75) is 51.2 Å². The van der Waals surface area contributed by atoms with Gasteiger partial charge in [-0.05, 0) is 51.3 Å². The molecule has 6 heteroatoms. The lowest BCUT2D eigenvalue weighted by Crippen LogP contribution is -2.29. The Morgan fingerprint density at radius 3 is 2.83 bits per heavy atom. The van der Waals surface area contributed by atoms with Gasteiger partial charge in [-0.15, -0.1) is 0 Å². The minimum absolute atomic E-state index is 0.00428. The number of hydrogen-bond acceptors (Lipinski definition) is 4. The SMILES string of the molecule is CC(C)(O)CC(=O)Nc1nc2ccc(C#N)cc2n1C1CCC1. The Balaban J connectivity index is 1.99. The summed E-state index contributed by atoms with van der Waals surface area (Å²) >= 11 is 0. The fourth-order valence-electron chi connectivity index (χ4n) is 2.83. The van der Waals surface area contributed by atoms with Gasteiger partial charge in [0, 0.05) is 6.04 Å². The smallest absolute Gasteiger partial charge is 0.229 e. The summed E-state index contributed by atoms with van der Waals surface area (Å²) < 4.78 is 2.02. The van der Waals surface area contributed by atoms with Gasteiger partial charge in [-0.2, -0.15) is 5.26 Å². The number of imidazole rings is 1. The predicted octanol–water partition coefficient (Wildman–Crippen LogP) is 2.73. The predicted molar refractivity (Wildman–Crippen MR) is 86.9 cm³/mol. The van der Waals surface area contributed by atoms with Crippen molar-refractivity contribution in [1.82, 2.24) is 9.55 Å². The summed E-state index contributed by atoms with van der Waals surface area (Å²) in [6.45, 7) is 3.20. The van der Waals surface area contributed by atoms with Crippen LogP contribution in [0.5, 0.6) is 0 Å². The quantitative estimate of drug-likeness (QED) is 0.908. The van der Waals surface area contributed by atoms with Crippen molar-refractivity contribution in [2.75, 3.05) is 5.32 Å². The number of fused-ring (bicyclic) bond motifs is 1. The summed E-state index contributed by atoms with van der Waals surface area (Å²) in [7, 11) is 0. The Kier molecular flexibility index (Phi) is 3.82. The van der Waals surface area contributed by atoms with E-state index in [2.05, 4.69) is 16.4 Å². The molecule has 1 aliphatic rings. The second-order valence-electron chi connectivity index (χ2n) is 6.74. The molecule has 1 aliphatic carbocycles. The second kappa shape index (κ2) is 5.67. The molecule has 6 nitrogen and oxygen atoms in total. The van der Waals surface area contributed by atoms with E-state index in [1.165, 1.54) is 0 Å². The van der Waals surface area contributed by atoms with Gasteiger partial charge >= 0.3 is 0 Å². The summed E-state index contributed by atoms with van der Waals surface area (Å²) in [5, 5.41) is 21.7. The summed E-state index contributed by atoms with van der Waals surface area (Å²) in [5.41, 5.74) is 1.14. The zero-order valence-corrected chi connectivity index (χ0v) is 13.3. The highest BCUT2D eigenvalue weighted by Gasteiger charge is 2.26. The number of anilines is 1. The molecule has 1 saturated carbocycles. The molecule has 2 N–H and O–H groups in total. The van der Waals surface area contributed by atoms with Crippen molar-refractivity contribution in [3.63, 3.8) is 0 Å². The molecule has 120 valence electrons. The first-order valence-electron chi connectivity index (χ1n) is 7.82. The molecule has 3 rings (SSSR count). The third kappa shape index (κ3) is 3.20. The molecule has 0 spiro atoms. The van der Waals surface area contributed by atoms with E-state index in [1.807, 2.05) is 10.6 Å². The van der Waals surface area contributed by atoms with Crippen molar-refractivity contribution >= 4 is 22.9 Å². The second-order valence-corrected chi connectivity index (χ2v) is 6.74. The van der Waals surface area contributed by atoms with Crippen LogP contribution in [-0.2, 0) is 4.79 Å². The number of nitrogens with zero attached hydrogens (tertiary/aromatic N) is 3. The molecule has 1 aromatic heterocycles. The number of hydrogen-bond donors (Lipinski definition) is 2. The van der Waals surface area contributed by atoms with Crippen LogP contribution >= 0.6 is 0 Å². The topological polar surface area (TPSA) is 90.9 Å². The zero-order chi connectivity index (χ0) is 16.6. The number of carbonyl (C=O) groups is 1. The number of aliphatic hydroxyl groups is 1. The van der Waals surface area contributed by atoms with Crippen LogP contribution in [0.3, 0.4) is 0 Å². The maximum Gasteiger partial charge on any atom is 0.229 e. The Bertz CT molecular complexity index is 791. The van der Waals surface area contributed by atoms with E-state index in [-0.39, 0.29) is 12.3 Å². The summed E-state index contributed by atoms with van der Waals surface area (Å²) in [5.74, 6) is 0.225. The van der Waals surface area contributed by atoms with Crippen molar-refractivity contribution in [3.05, 3.63) is 23.8 Å². The number of nitrogens with one attached hydrogen (secondary N) is 1. The van der Waals surface area contributed by atoms with E-state index in [0.717, 1.165) is 30.3 Å². The van der Waals surface area contributed by atoms with E-state index in [0.29, 0.717) is 17.6 Å². The van der Waals surface area contributed by atoms with E-state index in [9.17, 15) is 9.90 Å². The molecular formula is C17H20N4O2. The standard InChI is InChI=1S/C17H20N4O2/c1-17(2,23)9-15(22)20-16-19-13-7-6-11(10-18)8-14(13)21(16)12-4-3-5-12/h6-8,12,23H,3-5,9H2,1-2H3,(H,19,20,22). The molecule has 2 aromatic rings. The zero-order valence-electron chi connectivity index (χ0n) is 13.3. The Morgan fingerprint density at radius 1 is 1.52 bits per heavy atom. The highest BCUT2D eigenvalue weighted by molar-refractivity contribution is 5.92. The maximum absolute atomic E-state index is 12.1. The van der Waals surface area contributed by atoms with E-state index in [4.69, 9.17) is 5.26 Å². The third-order valence-corrected chi connectivity index (χ3v) is 4.10. The Morgan fingerprint density at radius 2 is 2.26 bits per heavy atom. The number of rotatable bonds is 4. The average molecular weight is 312 g/mol. The first-order chi connectivity index (χ1) is 10.9. The van der Waals surface area contributed by atoms with Crippen molar-refractivity contribution in [1.29, 1.82) is 5.26 Å². The van der Waals surface area contributed by atoms with Crippen LogP contribution in [0.4, 0.5) is 5.95 Å². The van der Waals surface area contributed by atoms with Crippen LogP contribution < -0.4 is 5.32 Å². The third-order valence-electron chi connectivity index (χ3n) is 4.10. The lowest BCUT2D eigenvalue weighted by atomic mass is 9.92. The van der Waals surface area contributed by atoms with E-state index < -0.39 is 5.60 Å². The maximum atomic E-state index is 12.1. The first-order valence-corrected chi connectivity index (χ1v) is 7.82. The van der Waals surface area contributed by atoms with Crippen molar-refractivity contribution in [2.24, 2.45) is 0 Å². The summed E-state index contributed by atoms with van der Waals surface area (Å²) in [6.07, 6.45) is 3.23. The minimum Gasteiger partial charge on any atom is -0.390 e. The van der Waals surface area contributed by atoms with E-state index >= 15 is 0 Å². The molecular weight excluding hydrogens is 292 g/mol. The molecule has 0 bridgehead atoms. The molecule has 0 saturated heterocycles. The molecule has 1 fully saturated rings. The van der Waals surface area contributed by atoms with Gasteiger partial charge in [0.2, 0.25) is 11.9 Å². The minimum atomic E-state index is -1.06. The van der Waals surface area contributed by atoms with Gasteiger partial charge in [-0.3, -0.25) is 10.1 Å². The van der Waals surface area contributed by atoms with Gasteiger partial charge < -0.3 is 9.67 Å². The molecule has 0 radical (unpaired) electrons. The molecule has 1 aromatic carbocycles. The first kappa shape index (κ1) is 15.5. The van der Waals surface area contributed by atoms with Gasteiger partial charge in [-0.25, -0.2) is 4.98 Å². The molecule has 23 heavy (non-hydrogen) atoms. The highest BCUT2D eigenvalue weighted by Crippen LogP contribution is 2.37. The number of benzene rings is 1. The fraction of sp³-hybridized carbons (Fsp3) is 0.471. The van der Waals surface area contributed by atoms with Gasteiger partial charge in [0.25, 0.3) is 0 Å². The van der Waals surface area contributed by atoms with Crippen LogP contribution in [0.2, 0.25) is 0 Å². The highest BCUT2D eigenvalue weighted by atomic mass is 16.3. The van der Waals surface area contributed by atoms with Gasteiger partial charge in [0.05, 0.1) is 34.7 Å². The monoisotopic (exact) mass is 312 g/mol. The van der Waals surface area contributed by atoms with Crippen LogP contribution in [0.1, 0.15) is 51.1 Å². The Hall–Kier alpha value is -2.39. The van der Waals surface area contributed by atoms with Gasteiger partial charge in [0.1, 0.15) is 0 Å². The van der Waals surface area contributed by atoms with Crippen LogP contribution in [-0.4, -0.2) is 26.2 Å². The number of carbonyl (C=O) groups excluding carboxylic acids is 1. The van der Waals surface area contributed by atoms with Crippen molar-refractivity contribution < 1.29 is 9.90 Å². The van der Waals surface area contributed by atoms with Crippen molar-refractivity contribution in [3.8, 4) is 6.07 Å². The largest absolute Gasteiger partial charge is 0.390 e. The molecule has 1 amide bonds. The lowest BCUT2D eigenvalue weighted by Gasteiger charge is -2.29. The molecule has 0 unspecified atom stereocenters. The fourth-order valence-corrected chi connectivity index (χ4v) is 2.83. The molecule has 0 aliphatic heterocycles. The average Bonchev–Trinajstić information content (AvgIpc) is 2.72. The number of nitriles is 1. The van der Waals surface area contributed by atoms with Crippen LogP contribution in [0.15, 0.2) is 18.2 Å². The van der Waals surface area contributed by atoms with Gasteiger partial charge in [-0.1, -0.05) is 0 Å². The summed E-state index contributed by atoms with van der Waals surface area (Å²) in [6, 6.07) is 7.78. The van der Waals surface area contributed by atoms with Crippen LogP contribution in [0, 0.1) is 11.3 Å². The normalized spacial score (nSPS) is 15.2.